The summed E-state index contributed by atoms with van der Waals surface area (Å²) in [6, 6.07) is 11.7. The largest absolute Gasteiger partial charge is 0.445 e. The first-order chi connectivity index (χ1) is 39.9. The van der Waals surface area contributed by atoms with Gasteiger partial charge in [0.2, 0.25) is 17.7 Å². The fourth-order valence-electron chi connectivity index (χ4n) is 11.5. The molecule has 6 amide bonds. The molecule has 0 radical (unpaired) electrons. The Balaban J connectivity index is 1.36. The molecule has 2 aromatic rings. The van der Waals surface area contributed by atoms with Crippen molar-refractivity contribution < 1.29 is 67.1 Å². The summed E-state index contributed by atoms with van der Waals surface area (Å²) < 4.78 is 28.9. The predicted octanol–water partition coefficient (Wildman–Crippen LogP) is 9.06. The lowest BCUT2D eigenvalue weighted by Crippen LogP contribution is -2.55. The van der Waals surface area contributed by atoms with Crippen molar-refractivity contribution in [1.82, 2.24) is 30.2 Å². The normalized spacial score (nSPS) is 19.3. The zero-order valence-corrected chi connectivity index (χ0v) is 52.4. The molecule has 1 fully saturated rings. The topological polar surface area (TPSA) is 240 Å². The third-order valence-corrected chi connectivity index (χ3v) is 16.7. The van der Waals surface area contributed by atoms with Crippen molar-refractivity contribution >= 4 is 47.6 Å². The first kappa shape index (κ1) is 70.1. The van der Waals surface area contributed by atoms with Gasteiger partial charge in [-0.25, -0.2) is 14.4 Å². The minimum atomic E-state index is -1.05. The number of methoxy groups -OCH3 is 2. The van der Waals surface area contributed by atoms with Crippen molar-refractivity contribution in [2.75, 3.05) is 48.5 Å². The number of carbonyl (C=O) groups is 8. The van der Waals surface area contributed by atoms with Gasteiger partial charge in [0.1, 0.15) is 24.5 Å². The van der Waals surface area contributed by atoms with E-state index in [0.717, 1.165) is 25.7 Å². The van der Waals surface area contributed by atoms with Crippen molar-refractivity contribution in [1.29, 1.82) is 0 Å². The molecule has 468 valence electrons. The summed E-state index contributed by atoms with van der Waals surface area (Å²) in [4.78, 5) is 116. The molecule has 1 aliphatic heterocycles. The number of allylic oxidation sites excluding steroid dienone is 1. The number of hydrogen-bond acceptors (Lipinski definition) is 14. The minimum Gasteiger partial charge on any atom is -0.445 e. The molecule has 2 aromatic carbocycles. The van der Waals surface area contributed by atoms with Crippen LogP contribution >= 0.6 is 0 Å². The summed E-state index contributed by atoms with van der Waals surface area (Å²) in [7, 11) is 7.73. The molecule has 84 heavy (non-hydrogen) atoms. The first-order valence-electron chi connectivity index (χ1n) is 30.1. The number of nitrogens with zero attached hydrogens (tertiary/aromatic N) is 4. The number of carbonyl (C=O) groups excluding carboxylic acids is 8. The average Bonchev–Trinajstić information content (AvgIpc) is 3.88. The van der Waals surface area contributed by atoms with Crippen LogP contribution in [-0.2, 0) is 49.5 Å². The second-order valence-electron chi connectivity index (χ2n) is 23.5. The number of nitrogens with one attached hydrogen (secondary N) is 2. The fourth-order valence-corrected chi connectivity index (χ4v) is 11.5. The Bertz CT molecular complexity index is 2470. The maximum Gasteiger partial charge on any atom is 0.413 e. The van der Waals surface area contributed by atoms with Crippen LogP contribution in [0.15, 0.2) is 66.7 Å². The lowest BCUT2D eigenvalue weighted by atomic mass is 9.83. The van der Waals surface area contributed by atoms with Crippen LogP contribution in [0, 0.1) is 29.6 Å². The van der Waals surface area contributed by atoms with Gasteiger partial charge >= 0.3 is 18.3 Å². The highest BCUT2D eigenvalue weighted by molar-refractivity contribution is 5.92. The van der Waals surface area contributed by atoms with Crippen LogP contribution in [0.1, 0.15) is 150 Å². The summed E-state index contributed by atoms with van der Waals surface area (Å²) in [6.45, 7) is 16.7. The van der Waals surface area contributed by atoms with E-state index >= 15 is 0 Å². The molecule has 3 N–H and O–H groups in total. The fraction of sp³-hybridized carbons (Fsp3) is 0.656. The minimum absolute atomic E-state index is 0.0546. The number of amides is 6. The summed E-state index contributed by atoms with van der Waals surface area (Å²) in [5.74, 6) is -3.51. The molecule has 4 rings (SSSR count). The number of rotatable bonds is 30. The standard InChI is InChI=1S/C64H98N6O14/c1-15-42(7)57(54(80-13)37-55(73)70-35-25-30-51(70)59(81-14)43(8)60(75)65-44(9)58(74)46-26-21-20-22-27-46)68(11)61(76)49(40(3)4)36-53(72)56(41(5)6)69(12)64(79)82-39-45-31-33-48(34-32-45)83-62(77)66-50(52(71)16-2)38-67(10)63(78)84-47-28-23-18-17-19-24-29-47/h20-23,26-28,31-34,40-44,47,49-51,54,56-59,74H,15-19,24-25,29-30,35-39H2,1-14H3,(H,65,75)(H,66,77)/b28-23+/t42-,43+,44+,47?,49-,50?,51-,54+,56-,57-,58+,59+/m0/s1. The first-order valence-corrected chi connectivity index (χ1v) is 30.1. The number of Topliss-reactive ketones (excluding diaryl/α,β-unsaturated/α-hetero) is 2. The molecule has 1 heterocycles. The summed E-state index contributed by atoms with van der Waals surface area (Å²) >= 11 is 0. The van der Waals surface area contributed by atoms with Crippen molar-refractivity contribution in [2.24, 2.45) is 29.6 Å². The maximum atomic E-state index is 14.8. The Morgan fingerprint density at radius 2 is 1.43 bits per heavy atom. The number of benzene rings is 2. The molecule has 2 aliphatic rings. The van der Waals surface area contributed by atoms with Crippen LogP contribution in [0.2, 0.25) is 0 Å². The number of likely N-dealkylation sites (tertiary alicyclic amines) is 1. The maximum absolute atomic E-state index is 14.8. The summed E-state index contributed by atoms with van der Waals surface area (Å²) in [5, 5.41) is 16.5. The van der Waals surface area contributed by atoms with Gasteiger partial charge in [-0.3, -0.25) is 24.0 Å². The Kier molecular flexibility index (Phi) is 28.8. The molecule has 20 nitrogen and oxygen atoms in total. The van der Waals surface area contributed by atoms with E-state index in [0.29, 0.717) is 43.4 Å². The lowest BCUT2D eigenvalue weighted by Gasteiger charge is -2.41. The third-order valence-electron chi connectivity index (χ3n) is 16.7. The van der Waals surface area contributed by atoms with Gasteiger partial charge in [0, 0.05) is 60.7 Å². The van der Waals surface area contributed by atoms with Gasteiger partial charge in [-0.1, -0.05) is 117 Å². The van der Waals surface area contributed by atoms with Crippen LogP contribution in [0.5, 0.6) is 5.75 Å². The van der Waals surface area contributed by atoms with Gasteiger partial charge in [0.15, 0.2) is 11.6 Å². The van der Waals surface area contributed by atoms with Crippen LogP contribution in [0.4, 0.5) is 14.4 Å². The van der Waals surface area contributed by atoms with Crippen molar-refractivity contribution in [3.8, 4) is 5.75 Å². The number of ether oxygens (including phenoxy) is 5. The van der Waals surface area contributed by atoms with Gasteiger partial charge in [-0.2, -0.15) is 0 Å². The highest BCUT2D eigenvalue weighted by Crippen LogP contribution is 2.32. The Morgan fingerprint density at radius 1 is 0.750 bits per heavy atom. The van der Waals surface area contributed by atoms with Gasteiger partial charge < -0.3 is 59.0 Å². The summed E-state index contributed by atoms with van der Waals surface area (Å²) in [6.07, 6.45) is 5.55. The highest BCUT2D eigenvalue weighted by atomic mass is 16.6. The molecule has 1 saturated heterocycles. The van der Waals surface area contributed by atoms with Crippen LogP contribution in [0.3, 0.4) is 0 Å². The van der Waals surface area contributed by atoms with Gasteiger partial charge in [0.25, 0.3) is 0 Å². The Morgan fingerprint density at radius 3 is 2.04 bits per heavy atom. The number of likely N-dealkylation sites (N-methyl/N-ethyl adjacent to an activating group) is 3. The van der Waals surface area contributed by atoms with Crippen LogP contribution in [0.25, 0.3) is 0 Å². The molecule has 2 unspecified atom stereocenters. The monoisotopic (exact) mass is 1170 g/mol. The lowest BCUT2D eigenvalue weighted by molar-refractivity contribution is -0.149. The smallest absolute Gasteiger partial charge is 0.413 e. The highest BCUT2D eigenvalue weighted by Gasteiger charge is 2.44. The second kappa shape index (κ2) is 34.5. The van der Waals surface area contributed by atoms with E-state index in [4.69, 9.17) is 23.7 Å². The summed E-state index contributed by atoms with van der Waals surface area (Å²) in [5.41, 5.74) is 1.23. The molecule has 0 saturated carbocycles. The van der Waals surface area contributed by atoms with Gasteiger partial charge in [0.05, 0.1) is 61.4 Å². The van der Waals surface area contributed by atoms with Crippen LogP contribution < -0.4 is 15.4 Å². The van der Waals surface area contributed by atoms with E-state index in [2.05, 4.69) is 10.6 Å². The van der Waals surface area contributed by atoms with Crippen molar-refractivity contribution in [2.45, 2.75) is 194 Å². The molecule has 1 aliphatic carbocycles. The molecular weight excluding hydrogens is 1080 g/mol. The zero-order valence-electron chi connectivity index (χ0n) is 52.4. The SMILES string of the molecule is CCC(=O)C(CN(C)C(=O)OC1/C=C/CCCCC1)NC(=O)Oc1ccc(COC(=O)N(C)[C@H](C(=O)C[C@H](C(=O)N(C)[C@@H]([C@@H](C)CC)[C@@H](CC(=O)N2CCC[C@H]2[C@H](OC)[C@@H](C)C(=O)N[C@H](C)[C@@H](O)c2ccccc2)OC)C(C)C)C(C)C)cc1. The van der Waals surface area contributed by atoms with Gasteiger partial charge in [-0.15, -0.1) is 0 Å². The quantitative estimate of drug-likeness (QED) is 0.0619. The van der Waals surface area contributed by atoms with Gasteiger partial charge in [-0.05, 0) is 92.5 Å². The number of hydrogen-bond donors (Lipinski definition) is 3. The van der Waals surface area contributed by atoms with E-state index < -0.39 is 78.6 Å². The molecule has 0 bridgehead atoms. The number of aliphatic hydroxyl groups is 1. The Labute approximate surface area is 499 Å². The second-order valence-corrected chi connectivity index (χ2v) is 23.5. The van der Waals surface area contributed by atoms with Crippen molar-refractivity contribution in [3.05, 3.63) is 77.9 Å². The number of ketones is 2. The molecule has 12 atom stereocenters. The van der Waals surface area contributed by atoms with Crippen LogP contribution in [-0.4, -0.2) is 169 Å². The third kappa shape index (κ3) is 20.1. The van der Waals surface area contributed by atoms with E-state index in [1.54, 1.807) is 61.9 Å². The van der Waals surface area contributed by atoms with E-state index in [9.17, 15) is 43.5 Å². The Hall–Kier alpha value is -6.38. The number of aliphatic hydroxyl groups excluding tert-OH is 1. The molecular formula is C64H98N6O14. The van der Waals surface area contributed by atoms with Crippen molar-refractivity contribution in [3.63, 3.8) is 0 Å². The molecule has 0 aromatic heterocycles. The predicted molar refractivity (Wildman–Crippen MR) is 319 cm³/mol. The van der Waals surface area contributed by atoms with E-state index in [-0.39, 0.29) is 91.3 Å². The zero-order chi connectivity index (χ0) is 62.4. The van der Waals surface area contributed by atoms with E-state index in [1.165, 1.54) is 50.2 Å². The average molecular weight is 1180 g/mol. The molecule has 20 heteroatoms. The molecule has 0 spiro atoms. The van der Waals surface area contributed by atoms with E-state index in [1.807, 2.05) is 71.9 Å².